The fraction of sp³-hybridized carbons (Fsp3) is 0.947. The molecular weight excluding hydrogens is 279 g/mol. The number of hydrogen-bond donors (Lipinski definition) is 1. The second kappa shape index (κ2) is 4.78. The van der Waals surface area contributed by atoms with Crippen molar-refractivity contribution >= 4 is 5.78 Å². The largest absolute Gasteiger partial charge is 0.393 e. The smallest absolute Gasteiger partial charge is 0.133 e. The number of halogens is 1. The van der Waals surface area contributed by atoms with Gasteiger partial charge in [0.1, 0.15) is 12.0 Å². The average Bonchev–Trinajstić information content (AvgIpc) is 2.77. The van der Waals surface area contributed by atoms with Gasteiger partial charge in [-0.2, -0.15) is 0 Å². The van der Waals surface area contributed by atoms with Crippen LogP contribution < -0.4 is 0 Å². The molecule has 0 unspecified atom stereocenters. The molecule has 0 radical (unpaired) electrons. The molecule has 22 heavy (non-hydrogen) atoms. The standard InChI is InChI=1S/C19H29FO2/c1-18-7-5-12(21)9-11(18)10-15(20)17-13-3-4-16(22)19(13,2)8-6-14(17)18/h11,13-17,22H,3-10H2,1-2H3/t11-,13+,14+,15-,16+,17+,18+,19+/m1/s1. The fourth-order valence-electron chi connectivity index (χ4n) is 6.93. The molecule has 4 fully saturated rings. The monoisotopic (exact) mass is 308 g/mol. The van der Waals surface area contributed by atoms with Crippen LogP contribution in [-0.2, 0) is 4.79 Å². The Morgan fingerprint density at radius 2 is 1.82 bits per heavy atom. The van der Waals surface area contributed by atoms with Gasteiger partial charge >= 0.3 is 0 Å². The quantitative estimate of drug-likeness (QED) is 0.737. The minimum Gasteiger partial charge on any atom is -0.393 e. The third kappa shape index (κ3) is 1.84. The number of fused-ring (bicyclic) bond motifs is 5. The molecule has 0 amide bonds. The molecule has 0 aromatic rings. The van der Waals surface area contributed by atoms with Crippen molar-refractivity contribution in [2.45, 2.75) is 77.5 Å². The number of hydrogen-bond acceptors (Lipinski definition) is 2. The Morgan fingerprint density at radius 1 is 1.09 bits per heavy atom. The summed E-state index contributed by atoms with van der Waals surface area (Å²) < 4.78 is 15.1. The van der Waals surface area contributed by atoms with E-state index in [9.17, 15) is 9.90 Å². The van der Waals surface area contributed by atoms with Gasteiger partial charge in [0.2, 0.25) is 0 Å². The van der Waals surface area contributed by atoms with Crippen molar-refractivity contribution in [3.05, 3.63) is 0 Å². The number of carbonyl (C=O) groups is 1. The molecule has 8 atom stereocenters. The van der Waals surface area contributed by atoms with Crippen LogP contribution in [0.2, 0.25) is 0 Å². The minimum absolute atomic E-state index is 0.0702. The molecule has 0 aromatic carbocycles. The SMILES string of the molecule is C[C@]12CCC(=O)C[C@@H]1C[C@@H](F)[C@@H]1[C@@H]2CC[C@]2(C)[C@@H](O)CC[C@@H]12. The molecule has 1 N–H and O–H groups in total. The number of alkyl halides is 1. The van der Waals surface area contributed by atoms with Crippen molar-refractivity contribution in [1.29, 1.82) is 0 Å². The van der Waals surface area contributed by atoms with Gasteiger partial charge in [0.15, 0.2) is 0 Å². The zero-order valence-electron chi connectivity index (χ0n) is 13.9. The van der Waals surface area contributed by atoms with Crippen molar-refractivity contribution in [2.24, 2.45) is 34.5 Å². The number of carbonyl (C=O) groups excluding carboxylic acids is 1. The number of Topliss-reactive ketones (excluding diaryl/α,β-unsaturated/α-hetero) is 1. The predicted octanol–water partition coefficient (Wildman–Crippen LogP) is 3.91. The van der Waals surface area contributed by atoms with E-state index in [2.05, 4.69) is 13.8 Å². The predicted molar refractivity (Wildman–Crippen MR) is 83.0 cm³/mol. The van der Waals surface area contributed by atoms with Gasteiger partial charge < -0.3 is 5.11 Å². The minimum atomic E-state index is -0.774. The first-order valence-electron chi connectivity index (χ1n) is 9.20. The van der Waals surface area contributed by atoms with Crippen LogP contribution in [0.5, 0.6) is 0 Å². The highest BCUT2D eigenvalue weighted by atomic mass is 19.1. The lowest BCUT2D eigenvalue weighted by molar-refractivity contribution is -0.157. The Bertz CT molecular complexity index is 492. The molecule has 4 aliphatic rings. The van der Waals surface area contributed by atoms with Crippen LogP contribution in [0.4, 0.5) is 4.39 Å². The van der Waals surface area contributed by atoms with Gasteiger partial charge in [-0.25, -0.2) is 4.39 Å². The molecule has 3 heteroatoms. The first-order valence-corrected chi connectivity index (χ1v) is 9.20. The van der Waals surface area contributed by atoms with Gasteiger partial charge in [0.25, 0.3) is 0 Å². The summed E-state index contributed by atoms with van der Waals surface area (Å²) in [6.07, 6.45) is 5.70. The highest BCUT2D eigenvalue weighted by Crippen LogP contribution is 2.66. The van der Waals surface area contributed by atoms with E-state index in [1.807, 2.05) is 0 Å². The second-order valence-electron chi connectivity index (χ2n) is 9.13. The molecule has 124 valence electrons. The van der Waals surface area contributed by atoms with Crippen molar-refractivity contribution in [2.75, 3.05) is 0 Å². The third-order valence-corrected chi connectivity index (χ3v) is 8.41. The van der Waals surface area contributed by atoms with Crippen LogP contribution >= 0.6 is 0 Å². The van der Waals surface area contributed by atoms with E-state index >= 15 is 4.39 Å². The van der Waals surface area contributed by atoms with Crippen molar-refractivity contribution < 1.29 is 14.3 Å². The van der Waals surface area contributed by atoms with Crippen LogP contribution in [-0.4, -0.2) is 23.2 Å². The van der Waals surface area contributed by atoms with E-state index in [-0.39, 0.29) is 28.8 Å². The number of aliphatic hydroxyl groups is 1. The Kier molecular flexibility index (Phi) is 3.28. The van der Waals surface area contributed by atoms with E-state index in [0.29, 0.717) is 36.9 Å². The molecule has 4 saturated carbocycles. The summed E-state index contributed by atoms with van der Waals surface area (Å²) >= 11 is 0. The van der Waals surface area contributed by atoms with Crippen LogP contribution in [0.3, 0.4) is 0 Å². The zero-order chi connectivity index (χ0) is 15.7. The summed E-state index contributed by atoms with van der Waals surface area (Å²) in [5.74, 6) is 1.46. The summed E-state index contributed by atoms with van der Waals surface area (Å²) in [7, 11) is 0. The molecule has 0 spiro atoms. The van der Waals surface area contributed by atoms with E-state index in [1.54, 1.807) is 0 Å². The van der Waals surface area contributed by atoms with Gasteiger partial charge in [-0.15, -0.1) is 0 Å². The molecule has 0 saturated heterocycles. The zero-order valence-corrected chi connectivity index (χ0v) is 13.9. The summed E-state index contributed by atoms with van der Waals surface area (Å²) in [5.41, 5.74) is 0.0786. The van der Waals surface area contributed by atoms with Crippen molar-refractivity contribution in [1.82, 2.24) is 0 Å². The average molecular weight is 308 g/mol. The van der Waals surface area contributed by atoms with Gasteiger partial charge in [-0.3, -0.25) is 4.79 Å². The lowest BCUT2D eigenvalue weighted by atomic mass is 9.45. The summed E-state index contributed by atoms with van der Waals surface area (Å²) in [4.78, 5) is 11.8. The number of aliphatic hydroxyl groups excluding tert-OH is 1. The van der Waals surface area contributed by atoms with Crippen LogP contribution in [0, 0.1) is 34.5 Å². The van der Waals surface area contributed by atoms with Crippen molar-refractivity contribution in [3.8, 4) is 0 Å². The van der Waals surface area contributed by atoms with Gasteiger partial charge in [-0.05, 0) is 73.0 Å². The Labute approximate surface area is 132 Å². The molecular formula is C19H29FO2. The summed E-state index contributed by atoms with van der Waals surface area (Å²) in [6.45, 7) is 4.53. The van der Waals surface area contributed by atoms with Crippen LogP contribution in [0.1, 0.15) is 65.2 Å². The van der Waals surface area contributed by atoms with Crippen LogP contribution in [0.25, 0.3) is 0 Å². The number of ketones is 1. The van der Waals surface area contributed by atoms with E-state index in [0.717, 1.165) is 32.1 Å². The first-order chi connectivity index (χ1) is 10.4. The van der Waals surface area contributed by atoms with Crippen LogP contribution in [0.15, 0.2) is 0 Å². The maximum Gasteiger partial charge on any atom is 0.133 e. The Hall–Kier alpha value is -0.440. The molecule has 4 aliphatic carbocycles. The van der Waals surface area contributed by atoms with Gasteiger partial charge in [-0.1, -0.05) is 13.8 Å². The molecule has 4 rings (SSSR count). The molecule has 0 heterocycles. The normalized spacial score (nSPS) is 57.9. The molecule has 2 nitrogen and oxygen atoms in total. The molecule has 0 aromatic heterocycles. The highest BCUT2D eigenvalue weighted by Gasteiger charge is 2.62. The first kappa shape index (κ1) is 15.1. The van der Waals surface area contributed by atoms with Crippen molar-refractivity contribution in [3.63, 3.8) is 0 Å². The topological polar surface area (TPSA) is 37.3 Å². The second-order valence-corrected chi connectivity index (χ2v) is 9.13. The van der Waals surface area contributed by atoms with E-state index in [4.69, 9.17) is 0 Å². The van der Waals surface area contributed by atoms with E-state index in [1.165, 1.54) is 0 Å². The van der Waals surface area contributed by atoms with E-state index < -0.39 is 6.17 Å². The highest BCUT2D eigenvalue weighted by molar-refractivity contribution is 5.79. The maximum atomic E-state index is 15.1. The Balaban J connectivity index is 1.68. The lowest BCUT2D eigenvalue weighted by Gasteiger charge is -2.60. The Morgan fingerprint density at radius 3 is 2.59 bits per heavy atom. The summed E-state index contributed by atoms with van der Waals surface area (Å²) in [5, 5.41) is 10.4. The third-order valence-electron chi connectivity index (χ3n) is 8.41. The summed E-state index contributed by atoms with van der Waals surface area (Å²) in [6, 6.07) is 0. The molecule has 0 aliphatic heterocycles. The van der Waals surface area contributed by atoms with Gasteiger partial charge in [0.05, 0.1) is 6.10 Å². The number of rotatable bonds is 0. The van der Waals surface area contributed by atoms with Gasteiger partial charge in [0, 0.05) is 12.8 Å². The maximum absolute atomic E-state index is 15.1. The lowest BCUT2D eigenvalue weighted by Crippen LogP contribution is -2.57. The molecule has 0 bridgehead atoms. The fourth-order valence-corrected chi connectivity index (χ4v) is 6.93.